The maximum Gasteiger partial charge on any atom is 0.255 e. The summed E-state index contributed by atoms with van der Waals surface area (Å²) in [4.78, 5) is 17.9. The Balaban J connectivity index is 1.80. The van der Waals surface area contributed by atoms with Crippen LogP contribution in [0.25, 0.3) is 0 Å². The summed E-state index contributed by atoms with van der Waals surface area (Å²) >= 11 is 3.57. The summed E-state index contributed by atoms with van der Waals surface area (Å²) in [5.74, 6) is 1.10. The van der Waals surface area contributed by atoms with Crippen LogP contribution in [-0.4, -0.2) is 27.3 Å². The molecule has 0 fully saturated rings. The number of benzene rings is 2. The number of aromatic nitrogens is 3. The average Bonchev–Trinajstić information content (AvgIpc) is 3.21. The van der Waals surface area contributed by atoms with E-state index in [0.717, 1.165) is 39.0 Å². The van der Waals surface area contributed by atoms with Crippen molar-refractivity contribution in [3.63, 3.8) is 0 Å². The van der Waals surface area contributed by atoms with Crippen LogP contribution in [0.15, 0.2) is 58.5 Å². The molecule has 2 N–H and O–H groups in total. The number of allylic oxidation sites excluding steroid dienone is 1. The van der Waals surface area contributed by atoms with Gasteiger partial charge >= 0.3 is 0 Å². The van der Waals surface area contributed by atoms with Crippen LogP contribution < -0.4 is 15.4 Å². The van der Waals surface area contributed by atoms with Crippen LogP contribution in [0.4, 0.5) is 11.6 Å². The van der Waals surface area contributed by atoms with Crippen molar-refractivity contribution >= 4 is 33.5 Å². The number of hydrogen-bond acceptors (Lipinski definition) is 5. The van der Waals surface area contributed by atoms with E-state index < -0.39 is 6.04 Å². The number of hydrogen-bond donors (Lipinski definition) is 2. The number of halogens is 1. The lowest BCUT2D eigenvalue weighted by Crippen LogP contribution is -2.32. The highest BCUT2D eigenvalue weighted by molar-refractivity contribution is 9.10. The van der Waals surface area contributed by atoms with E-state index in [9.17, 15) is 4.79 Å². The summed E-state index contributed by atoms with van der Waals surface area (Å²) in [6.07, 6.45) is 2.36. The van der Waals surface area contributed by atoms with Crippen LogP contribution >= 0.6 is 15.9 Å². The summed E-state index contributed by atoms with van der Waals surface area (Å²) < 4.78 is 8.66. The fraction of sp³-hybridized carbons (Fsp3) is 0.292. The van der Waals surface area contributed by atoms with Gasteiger partial charge < -0.3 is 15.4 Å². The van der Waals surface area contributed by atoms with Crippen molar-refractivity contribution in [1.82, 2.24) is 14.8 Å². The topological polar surface area (TPSA) is 81.1 Å². The minimum Gasteiger partial charge on any atom is -0.493 e. The van der Waals surface area contributed by atoms with Crippen LogP contribution in [-0.2, 0) is 4.79 Å². The van der Waals surface area contributed by atoms with Gasteiger partial charge in [0, 0.05) is 21.4 Å². The van der Waals surface area contributed by atoms with Gasteiger partial charge in [0.05, 0.1) is 12.2 Å². The van der Waals surface area contributed by atoms with Gasteiger partial charge in [-0.15, -0.1) is 0 Å². The van der Waals surface area contributed by atoms with E-state index in [1.54, 1.807) is 4.68 Å². The molecule has 166 valence electrons. The zero-order valence-electron chi connectivity index (χ0n) is 18.6. The Morgan fingerprint density at radius 3 is 2.78 bits per heavy atom. The molecule has 0 saturated heterocycles. The molecule has 1 aliphatic heterocycles. The molecule has 0 bridgehead atoms. The van der Waals surface area contributed by atoms with E-state index in [1.807, 2.05) is 57.2 Å². The van der Waals surface area contributed by atoms with Crippen molar-refractivity contribution in [2.75, 3.05) is 17.2 Å². The van der Waals surface area contributed by atoms with Gasteiger partial charge in [0.15, 0.2) is 0 Å². The largest absolute Gasteiger partial charge is 0.493 e. The Kier molecular flexibility index (Phi) is 6.32. The zero-order valence-corrected chi connectivity index (χ0v) is 20.2. The molecule has 0 radical (unpaired) electrons. The van der Waals surface area contributed by atoms with Crippen LogP contribution in [0.2, 0.25) is 0 Å². The first-order valence-corrected chi connectivity index (χ1v) is 11.4. The standard InChI is InChI=1S/C24H26BrN5O2/c1-5-10-32-20-9-7-17(25)12-18(20)22-21(16(4)28-24-26-13-27-30(22)24)23(31)29-19-8-6-14(2)11-15(19)3/h6-9,11-13,22H,5,10H2,1-4H3,(H,29,31)(H,26,27,28). The average molecular weight is 496 g/mol. The number of carbonyl (C=O) groups is 1. The molecule has 7 nitrogen and oxygen atoms in total. The second kappa shape index (κ2) is 9.16. The van der Waals surface area contributed by atoms with Crippen molar-refractivity contribution in [2.24, 2.45) is 0 Å². The number of anilines is 2. The third-order valence-electron chi connectivity index (χ3n) is 5.40. The van der Waals surface area contributed by atoms with Gasteiger partial charge in [-0.2, -0.15) is 10.1 Å². The van der Waals surface area contributed by atoms with Gasteiger partial charge in [0.2, 0.25) is 5.95 Å². The summed E-state index contributed by atoms with van der Waals surface area (Å²) in [5, 5.41) is 10.7. The quantitative estimate of drug-likeness (QED) is 0.480. The molecule has 2 aromatic carbocycles. The maximum atomic E-state index is 13.6. The van der Waals surface area contributed by atoms with Gasteiger partial charge in [-0.05, 0) is 57.0 Å². The fourth-order valence-corrected chi connectivity index (χ4v) is 4.27. The number of nitrogens with one attached hydrogen (secondary N) is 2. The molecule has 1 aliphatic rings. The van der Waals surface area contributed by atoms with Crippen molar-refractivity contribution in [1.29, 1.82) is 0 Å². The van der Waals surface area contributed by atoms with Crippen LogP contribution in [0.3, 0.4) is 0 Å². The minimum atomic E-state index is -0.496. The number of carbonyl (C=O) groups excluding carboxylic acids is 1. The van der Waals surface area contributed by atoms with Crippen molar-refractivity contribution in [2.45, 2.75) is 40.2 Å². The summed E-state index contributed by atoms with van der Waals surface area (Å²) in [6, 6.07) is 11.3. The van der Waals surface area contributed by atoms with Crippen LogP contribution in [0, 0.1) is 13.8 Å². The molecule has 1 aromatic heterocycles. The Hall–Kier alpha value is -3.13. The highest BCUT2D eigenvalue weighted by atomic mass is 79.9. The molecule has 1 amide bonds. The van der Waals surface area contributed by atoms with E-state index in [-0.39, 0.29) is 5.91 Å². The molecule has 0 saturated carbocycles. The number of fused-ring (bicyclic) bond motifs is 1. The van der Waals surface area contributed by atoms with Crippen molar-refractivity contribution < 1.29 is 9.53 Å². The van der Waals surface area contributed by atoms with Gasteiger partial charge in [0.1, 0.15) is 18.1 Å². The number of aryl methyl sites for hydroxylation is 2. The van der Waals surface area contributed by atoms with E-state index in [0.29, 0.717) is 23.9 Å². The summed E-state index contributed by atoms with van der Waals surface area (Å²) in [6.45, 7) is 8.54. The molecule has 3 aromatic rings. The summed E-state index contributed by atoms with van der Waals surface area (Å²) in [7, 11) is 0. The van der Waals surface area contributed by atoms with Gasteiger partial charge in [-0.1, -0.05) is 40.5 Å². The van der Waals surface area contributed by atoms with Gasteiger partial charge in [-0.3, -0.25) is 4.79 Å². The van der Waals surface area contributed by atoms with Crippen LogP contribution in [0.5, 0.6) is 5.75 Å². The predicted octanol–water partition coefficient (Wildman–Crippen LogP) is 5.37. The Morgan fingerprint density at radius 2 is 2.03 bits per heavy atom. The lowest BCUT2D eigenvalue weighted by atomic mass is 9.94. The minimum absolute atomic E-state index is 0.200. The number of ether oxygens (including phenoxy) is 1. The lowest BCUT2D eigenvalue weighted by molar-refractivity contribution is -0.113. The Labute approximate surface area is 196 Å². The monoisotopic (exact) mass is 495 g/mol. The number of amides is 1. The fourth-order valence-electron chi connectivity index (χ4n) is 3.89. The van der Waals surface area contributed by atoms with E-state index in [4.69, 9.17) is 4.74 Å². The van der Waals surface area contributed by atoms with Gasteiger partial charge in [-0.25, -0.2) is 4.68 Å². The van der Waals surface area contributed by atoms with E-state index in [1.165, 1.54) is 6.33 Å². The molecule has 32 heavy (non-hydrogen) atoms. The third kappa shape index (κ3) is 4.27. The predicted molar refractivity (Wildman–Crippen MR) is 129 cm³/mol. The molecule has 1 atom stereocenters. The maximum absolute atomic E-state index is 13.6. The van der Waals surface area contributed by atoms with E-state index >= 15 is 0 Å². The van der Waals surface area contributed by atoms with Crippen molar-refractivity contribution in [3.05, 3.63) is 75.2 Å². The highest BCUT2D eigenvalue weighted by Crippen LogP contribution is 2.40. The van der Waals surface area contributed by atoms with Gasteiger partial charge in [0.25, 0.3) is 5.91 Å². The first-order chi connectivity index (χ1) is 15.4. The molecular weight excluding hydrogens is 470 g/mol. The highest BCUT2D eigenvalue weighted by Gasteiger charge is 2.35. The number of rotatable bonds is 6. The lowest BCUT2D eigenvalue weighted by Gasteiger charge is -2.30. The molecule has 4 rings (SSSR count). The number of nitrogens with zero attached hydrogens (tertiary/aromatic N) is 3. The molecule has 1 unspecified atom stereocenters. The van der Waals surface area contributed by atoms with E-state index in [2.05, 4.69) is 43.6 Å². The Bertz CT molecular complexity index is 1200. The smallest absolute Gasteiger partial charge is 0.255 e. The van der Waals surface area contributed by atoms with Crippen LogP contribution in [0.1, 0.15) is 43.0 Å². The normalized spacial score (nSPS) is 15.2. The Morgan fingerprint density at radius 1 is 1.22 bits per heavy atom. The van der Waals surface area contributed by atoms with Crippen molar-refractivity contribution in [3.8, 4) is 5.75 Å². The molecule has 8 heteroatoms. The SMILES string of the molecule is CCCOc1ccc(Br)cc1C1C(C(=O)Nc2ccc(C)cc2C)=C(C)Nc2ncnn21. The molecular formula is C24H26BrN5O2. The second-order valence-corrected chi connectivity index (χ2v) is 8.81. The second-order valence-electron chi connectivity index (χ2n) is 7.90. The molecule has 0 aliphatic carbocycles. The first kappa shape index (κ1) is 22.1. The third-order valence-corrected chi connectivity index (χ3v) is 5.89. The zero-order chi connectivity index (χ0) is 22.8. The summed E-state index contributed by atoms with van der Waals surface area (Å²) in [5.41, 5.74) is 5.05. The first-order valence-electron chi connectivity index (χ1n) is 10.6. The molecule has 2 heterocycles. The molecule has 0 spiro atoms.